The van der Waals surface area contributed by atoms with E-state index in [1.54, 1.807) is 18.7 Å². The van der Waals surface area contributed by atoms with Crippen LogP contribution in [0, 0.1) is 11.8 Å². The molecule has 0 aromatic rings. The number of nitrogens with one attached hydrogen (secondary N) is 1. The molecule has 3 fully saturated rings. The normalized spacial score (nSPS) is 40.0. The number of aliphatic hydroxyl groups excluding tert-OH is 1. The standard InChI is InChI=1S/C18H27N3O4S/c1-8(22)15-13-6-14(16(18(24)25)21(13)17(15)23)26-9-4-11(19-7-9)10-5-12(10)20(2)3/h8-13,15,19,22H,4-7H2,1-3H3,(H,24,25)/t8-,9?,10?,11?,12?,13?,15?/m0/s1. The first-order chi connectivity index (χ1) is 12.3. The highest BCUT2D eigenvalue weighted by Gasteiger charge is 2.57. The van der Waals surface area contributed by atoms with E-state index in [0.717, 1.165) is 17.9 Å². The summed E-state index contributed by atoms with van der Waals surface area (Å²) in [5.74, 6) is -1.07. The second-order valence-electron chi connectivity index (χ2n) is 8.24. The van der Waals surface area contributed by atoms with Crippen molar-refractivity contribution in [1.82, 2.24) is 15.1 Å². The number of thioether (sulfide) groups is 1. The summed E-state index contributed by atoms with van der Waals surface area (Å²) in [6.45, 7) is 2.48. The monoisotopic (exact) mass is 381 g/mol. The lowest BCUT2D eigenvalue weighted by Crippen LogP contribution is -2.61. The summed E-state index contributed by atoms with van der Waals surface area (Å²) < 4.78 is 0. The molecule has 7 nitrogen and oxygen atoms in total. The van der Waals surface area contributed by atoms with Crippen molar-refractivity contribution in [2.24, 2.45) is 11.8 Å². The predicted octanol–water partition coefficient (Wildman–Crippen LogP) is 0.308. The van der Waals surface area contributed by atoms with E-state index in [4.69, 9.17) is 0 Å². The van der Waals surface area contributed by atoms with Gasteiger partial charge in [0, 0.05) is 35.2 Å². The third-order valence-electron chi connectivity index (χ3n) is 6.31. The van der Waals surface area contributed by atoms with E-state index in [9.17, 15) is 19.8 Å². The molecular weight excluding hydrogens is 354 g/mol. The Hall–Kier alpha value is -1.09. The number of carbonyl (C=O) groups excluding carboxylic acids is 1. The van der Waals surface area contributed by atoms with Crippen LogP contribution in [-0.4, -0.2) is 82.0 Å². The van der Waals surface area contributed by atoms with Crippen LogP contribution in [0.25, 0.3) is 0 Å². The fourth-order valence-electron chi connectivity index (χ4n) is 4.91. The molecule has 1 amide bonds. The lowest BCUT2D eigenvalue weighted by atomic mass is 9.83. The molecule has 3 heterocycles. The Balaban J connectivity index is 1.42. The van der Waals surface area contributed by atoms with Crippen LogP contribution in [-0.2, 0) is 9.59 Å². The van der Waals surface area contributed by atoms with Gasteiger partial charge in [0.25, 0.3) is 0 Å². The number of β-lactam (4-membered cyclic amide) rings is 1. The average Bonchev–Trinajstić information content (AvgIpc) is 3.12. The number of carbonyl (C=O) groups is 2. The molecular formula is C18H27N3O4S. The number of fused-ring (bicyclic) bond motifs is 1. The maximum absolute atomic E-state index is 12.3. The first-order valence-corrected chi connectivity index (χ1v) is 10.2. The van der Waals surface area contributed by atoms with Gasteiger partial charge in [-0.2, -0.15) is 0 Å². The number of carboxylic acids is 1. The third kappa shape index (κ3) is 2.87. The summed E-state index contributed by atoms with van der Waals surface area (Å²) in [5.41, 5.74) is 0.142. The van der Waals surface area contributed by atoms with Crippen molar-refractivity contribution in [2.75, 3.05) is 20.6 Å². The number of aliphatic hydroxyl groups is 1. The molecule has 0 aromatic carbocycles. The second-order valence-corrected chi connectivity index (χ2v) is 9.64. The number of hydrogen-bond donors (Lipinski definition) is 3. The molecule has 4 rings (SSSR count). The Kier molecular flexibility index (Phi) is 4.58. The predicted molar refractivity (Wildman–Crippen MR) is 98.5 cm³/mol. The van der Waals surface area contributed by atoms with Crippen molar-refractivity contribution in [2.45, 2.75) is 55.7 Å². The molecule has 2 saturated heterocycles. The Morgan fingerprint density at radius 3 is 2.69 bits per heavy atom. The van der Waals surface area contributed by atoms with Crippen molar-refractivity contribution in [3.8, 4) is 0 Å². The molecule has 8 heteroatoms. The molecule has 3 N–H and O–H groups in total. The Bertz CT molecular complexity index is 665. The maximum atomic E-state index is 12.3. The van der Waals surface area contributed by atoms with Crippen molar-refractivity contribution >= 4 is 23.6 Å². The Morgan fingerprint density at radius 1 is 1.38 bits per heavy atom. The van der Waals surface area contributed by atoms with Crippen molar-refractivity contribution < 1.29 is 19.8 Å². The quantitative estimate of drug-likeness (QED) is 0.570. The van der Waals surface area contributed by atoms with Crippen LogP contribution >= 0.6 is 11.8 Å². The zero-order valence-corrected chi connectivity index (χ0v) is 16.2. The maximum Gasteiger partial charge on any atom is 0.353 e. The first kappa shape index (κ1) is 18.3. The fraction of sp³-hybridized carbons (Fsp3) is 0.778. The van der Waals surface area contributed by atoms with Crippen molar-refractivity contribution in [1.29, 1.82) is 0 Å². The second kappa shape index (κ2) is 6.51. The summed E-state index contributed by atoms with van der Waals surface area (Å²) in [7, 11) is 4.24. The van der Waals surface area contributed by atoms with Crippen LogP contribution in [0.15, 0.2) is 10.6 Å². The van der Waals surface area contributed by atoms with Crippen LogP contribution in [0.2, 0.25) is 0 Å². The lowest BCUT2D eigenvalue weighted by Gasteiger charge is -2.44. The van der Waals surface area contributed by atoms with Crippen LogP contribution in [0.1, 0.15) is 26.2 Å². The number of carboxylic acid groups (broad SMARTS) is 1. The topological polar surface area (TPSA) is 93.1 Å². The lowest BCUT2D eigenvalue weighted by molar-refractivity contribution is -0.161. The molecule has 7 atom stereocenters. The Labute approximate surface area is 157 Å². The molecule has 26 heavy (non-hydrogen) atoms. The van der Waals surface area contributed by atoms with Gasteiger partial charge in [0.1, 0.15) is 5.70 Å². The van der Waals surface area contributed by atoms with Crippen LogP contribution in [0.5, 0.6) is 0 Å². The molecule has 0 aromatic heterocycles. The van der Waals surface area contributed by atoms with E-state index in [1.807, 2.05) is 0 Å². The van der Waals surface area contributed by atoms with E-state index in [-0.39, 0.29) is 17.6 Å². The van der Waals surface area contributed by atoms with Gasteiger partial charge >= 0.3 is 5.97 Å². The summed E-state index contributed by atoms with van der Waals surface area (Å²) in [6, 6.07) is 0.963. The Morgan fingerprint density at radius 2 is 2.12 bits per heavy atom. The van der Waals surface area contributed by atoms with Gasteiger partial charge in [-0.1, -0.05) is 0 Å². The summed E-state index contributed by atoms with van der Waals surface area (Å²) in [5, 5.41) is 23.4. The van der Waals surface area contributed by atoms with Gasteiger partial charge in [-0.25, -0.2) is 4.79 Å². The van der Waals surface area contributed by atoms with E-state index >= 15 is 0 Å². The van der Waals surface area contributed by atoms with Gasteiger partial charge in [-0.15, -0.1) is 11.8 Å². The van der Waals surface area contributed by atoms with Gasteiger partial charge in [0.05, 0.1) is 18.1 Å². The third-order valence-corrected chi connectivity index (χ3v) is 7.65. The highest BCUT2D eigenvalue weighted by atomic mass is 32.2. The van der Waals surface area contributed by atoms with Crippen molar-refractivity contribution in [3.05, 3.63) is 10.6 Å². The van der Waals surface area contributed by atoms with Gasteiger partial charge in [0.15, 0.2) is 0 Å². The van der Waals surface area contributed by atoms with Gasteiger partial charge < -0.3 is 25.3 Å². The van der Waals surface area contributed by atoms with E-state index < -0.39 is 18.0 Å². The zero-order chi connectivity index (χ0) is 18.7. The van der Waals surface area contributed by atoms with E-state index in [1.165, 1.54) is 11.3 Å². The van der Waals surface area contributed by atoms with Crippen LogP contribution in [0.3, 0.4) is 0 Å². The first-order valence-electron chi connectivity index (χ1n) is 9.33. The van der Waals surface area contributed by atoms with Gasteiger partial charge in [-0.3, -0.25) is 4.79 Å². The highest BCUT2D eigenvalue weighted by molar-refractivity contribution is 8.03. The van der Waals surface area contributed by atoms with Gasteiger partial charge in [-0.05, 0) is 39.8 Å². The minimum Gasteiger partial charge on any atom is -0.477 e. The van der Waals surface area contributed by atoms with E-state index in [0.29, 0.717) is 29.7 Å². The number of aliphatic carboxylic acids is 1. The molecule has 0 bridgehead atoms. The SMILES string of the molecule is C[C@H](O)C1C(=O)N2C(C(=O)O)=C(SC3CNC(C4CC4N(C)C)C3)CC12. The van der Waals surface area contributed by atoms with E-state index in [2.05, 4.69) is 24.3 Å². The smallest absolute Gasteiger partial charge is 0.353 e. The van der Waals surface area contributed by atoms with Crippen LogP contribution < -0.4 is 5.32 Å². The molecule has 1 aliphatic carbocycles. The number of hydrogen-bond acceptors (Lipinski definition) is 6. The zero-order valence-electron chi connectivity index (χ0n) is 15.4. The molecule has 4 aliphatic rings. The average molecular weight is 381 g/mol. The summed E-state index contributed by atoms with van der Waals surface area (Å²) >= 11 is 1.62. The number of nitrogens with zero attached hydrogens (tertiary/aromatic N) is 2. The summed E-state index contributed by atoms with van der Waals surface area (Å²) in [4.78, 5) is 28.5. The number of rotatable bonds is 6. The molecule has 6 unspecified atom stereocenters. The highest BCUT2D eigenvalue weighted by Crippen LogP contribution is 2.49. The molecule has 3 aliphatic heterocycles. The minimum absolute atomic E-state index is 0.142. The molecule has 0 radical (unpaired) electrons. The minimum atomic E-state index is -1.04. The molecule has 0 spiro atoms. The van der Waals surface area contributed by atoms with Crippen LogP contribution in [0.4, 0.5) is 0 Å². The van der Waals surface area contributed by atoms with Gasteiger partial charge in [0.2, 0.25) is 5.91 Å². The van der Waals surface area contributed by atoms with Crippen molar-refractivity contribution in [3.63, 3.8) is 0 Å². The largest absolute Gasteiger partial charge is 0.477 e. The molecule has 1 saturated carbocycles. The molecule has 144 valence electrons. The fourth-order valence-corrected chi connectivity index (χ4v) is 6.36. The number of amides is 1. The summed E-state index contributed by atoms with van der Waals surface area (Å²) in [6.07, 6.45) is 2.08.